The number of sulfonamides is 1. The Labute approximate surface area is 190 Å². The molecule has 4 unspecified atom stereocenters. The van der Waals surface area contributed by atoms with Crippen LogP contribution in [0.5, 0.6) is 0 Å². The van der Waals surface area contributed by atoms with Gasteiger partial charge in [0.15, 0.2) is 0 Å². The highest BCUT2D eigenvalue weighted by atomic mass is 32.2. The zero-order valence-corrected chi connectivity index (χ0v) is 19.9. The summed E-state index contributed by atoms with van der Waals surface area (Å²) in [6.45, 7) is 4.09. The lowest BCUT2D eigenvalue weighted by molar-refractivity contribution is -0.142. The van der Waals surface area contributed by atoms with Crippen molar-refractivity contribution in [1.82, 2.24) is 14.9 Å². The fourth-order valence-corrected chi connectivity index (χ4v) is 6.24. The smallest absolute Gasteiger partial charge is 0.259 e. The van der Waals surface area contributed by atoms with Gasteiger partial charge in [0.1, 0.15) is 11.6 Å². The van der Waals surface area contributed by atoms with Crippen molar-refractivity contribution in [2.75, 3.05) is 6.54 Å². The van der Waals surface area contributed by atoms with Crippen LogP contribution in [0, 0.1) is 11.8 Å². The largest absolute Gasteiger partial charge is 0.339 e. The second-order valence-corrected chi connectivity index (χ2v) is 12.5. The van der Waals surface area contributed by atoms with Gasteiger partial charge in [-0.1, -0.05) is 31.9 Å². The predicted molar refractivity (Wildman–Crippen MR) is 120 cm³/mol. The van der Waals surface area contributed by atoms with E-state index in [0.29, 0.717) is 32.2 Å². The first-order chi connectivity index (χ1) is 15.1. The highest BCUT2D eigenvalue weighted by Crippen LogP contribution is 2.47. The van der Waals surface area contributed by atoms with Gasteiger partial charge in [0.05, 0.1) is 4.75 Å². The summed E-state index contributed by atoms with van der Waals surface area (Å²) < 4.78 is 26.7. The maximum absolute atomic E-state index is 13.2. The lowest BCUT2D eigenvalue weighted by atomic mass is 10.0. The van der Waals surface area contributed by atoms with Crippen LogP contribution in [0.25, 0.3) is 0 Å². The van der Waals surface area contributed by atoms with E-state index in [0.717, 1.165) is 38.5 Å². The molecule has 9 heteroatoms. The number of hydrogen-bond donors (Lipinski definition) is 2. The minimum Gasteiger partial charge on any atom is -0.339 e. The predicted octanol–water partition coefficient (Wildman–Crippen LogP) is 2.01. The molecule has 32 heavy (non-hydrogen) atoms. The summed E-state index contributed by atoms with van der Waals surface area (Å²) in [5, 5.41) is 2.88. The molecule has 4 rings (SSSR count). The highest BCUT2D eigenvalue weighted by Gasteiger charge is 2.62. The third-order valence-corrected chi connectivity index (χ3v) is 9.89. The summed E-state index contributed by atoms with van der Waals surface area (Å²) in [4.78, 5) is 41.1. The molecule has 2 aliphatic carbocycles. The molecule has 0 aromatic carbocycles. The quantitative estimate of drug-likeness (QED) is 0.619. The van der Waals surface area contributed by atoms with Crippen LogP contribution in [-0.4, -0.2) is 53.9 Å². The monoisotopic (exact) mass is 465 g/mol. The maximum atomic E-state index is 13.2. The molecule has 2 saturated carbocycles. The third kappa shape index (κ3) is 4.32. The van der Waals surface area contributed by atoms with Crippen LogP contribution in [0.15, 0.2) is 12.2 Å². The number of carbonyl (C=O) groups excluding carboxylic acids is 3. The number of amides is 3. The van der Waals surface area contributed by atoms with Gasteiger partial charge in [-0.3, -0.25) is 19.1 Å². The van der Waals surface area contributed by atoms with Gasteiger partial charge in [-0.25, -0.2) is 8.42 Å². The number of carbonyl (C=O) groups is 3. The summed E-state index contributed by atoms with van der Waals surface area (Å²) in [5.74, 6) is -1.42. The van der Waals surface area contributed by atoms with E-state index in [1.807, 2.05) is 19.1 Å². The van der Waals surface area contributed by atoms with E-state index >= 15 is 0 Å². The molecule has 4 aliphatic rings. The molecule has 1 saturated heterocycles. The summed E-state index contributed by atoms with van der Waals surface area (Å²) in [7, 11) is -3.80. The molecule has 0 aromatic heterocycles. The maximum Gasteiger partial charge on any atom is 0.259 e. The number of hydrogen-bond acceptors (Lipinski definition) is 5. The van der Waals surface area contributed by atoms with Crippen molar-refractivity contribution in [3.05, 3.63) is 12.2 Å². The van der Waals surface area contributed by atoms with Crippen LogP contribution in [0.3, 0.4) is 0 Å². The average molecular weight is 466 g/mol. The molecule has 0 bridgehead atoms. The minimum atomic E-state index is -3.80. The Balaban J connectivity index is 1.57. The number of nitrogens with zero attached hydrogens (tertiary/aromatic N) is 1. The van der Waals surface area contributed by atoms with E-state index in [2.05, 4.69) is 10.0 Å². The van der Waals surface area contributed by atoms with Crippen molar-refractivity contribution in [2.24, 2.45) is 11.8 Å². The molecule has 3 fully saturated rings. The Morgan fingerprint density at radius 1 is 1.16 bits per heavy atom. The fourth-order valence-electron chi connectivity index (χ4n) is 4.93. The van der Waals surface area contributed by atoms with Crippen LogP contribution in [0.1, 0.15) is 78.1 Å². The molecule has 0 radical (unpaired) electrons. The van der Waals surface area contributed by atoms with Gasteiger partial charge in [-0.2, -0.15) is 0 Å². The summed E-state index contributed by atoms with van der Waals surface area (Å²) in [5.41, 5.74) is -1.27. The molecule has 0 aromatic rings. The van der Waals surface area contributed by atoms with Gasteiger partial charge in [-0.15, -0.1) is 0 Å². The van der Waals surface area contributed by atoms with Gasteiger partial charge in [0.25, 0.3) is 5.91 Å². The van der Waals surface area contributed by atoms with Gasteiger partial charge in [0, 0.05) is 18.4 Å². The van der Waals surface area contributed by atoms with E-state index in [-0.39, 0.29) is 23.7 Å². The standard InChI is InChI=1S/C23H35N3O5S/c1-16-9-6-4-3-5-7-10-17-15-23(17,21(29)25-32(30,31)22(2)12-13-22)24-19(27)18-11-8-14-26(18)20(16)28/h7,10,16-18H,3-6,8-9,11-15H2,1-2H3,(H,24,27)(H,25,29). The summed E-state index contributed by atoms with van der Waals surface area (Å²) in [6.07, 6.45) is 11.3. The number of fused-ring (bicyclic) bond motifs is 2. The SMILES string of the molecule is CC1CCCCCC=CC2CC2(C(=O)NS(=O)(=O)C2(C)CC2)NC(=O)C2CCCN2C1=O. The summed E-state index contributed by atoms with van der Waals surface area (Å²) >= 11 is 0. The van der Waals surface area contributed by atoms with E-state index in [4.69, 9.17) is 0 Å². The van der Waals surface area contributed by atoms with Crippen LogP contribution in [-0.2, 0) is 24.4 Å². The lowest BCUT2D eigenvalue weighted by Gasteiger charge is -2.29. The molecule has 4 atom stereocenters. The van der Waals surface area contributed by atoms with Crippen LogP contribution in [0.2, 0.25) is 0 Å². The zero-order chi connectivity index (χ0) is 23.1. The van der Waals surface area contributed by atoms with Gasteiger partial charge >= 0.3 is 0 Å². The van der Waals surface area contributed by atoms with E-state index in [1.165, 1.54) is 0 Å². The summed E-state index contributed by atoms with van der Waals surface area (Å²) in [6, 6.07) is -0.609. The first kappa shape index (κ1) is 23.3. The van der Waals surface area contributed by atoms with Crippen LogP contribution < -0.4 is 10.0 Å². The Bertz CT molecular complexity index is 926. The lowest BCUT2D eigenvalue weighted by Crippen LogP contribution is -2.57. The van der Waals surface area contributed by atoms with Gasteiger partial charge in [0.2, 0.25) is 21.8 Å². The number of rotatable bonds is 3. The fraction of sp³-hybridized carbons (Fsp3) is 0.783. The third-order valence-electron chi connectivity index (χ3n) is 7.73. The first-order valence-corrected chi connectivity index (χ1v) is 13.4. The second-order valence-electron chi connectivity index (χ2n) is 10.3. The normalized spacial score (nSPS) is 35.1. The second kappa shape index (κ2) is 8.47. The van der Waals surface area contributed by atoms with Crippen molar-refractivity contribution in [2.45, 2.75) is 94.4 Å². The van der Waals surface area contributed by atoms with E-state index in [1.54, 1.807) is 11.8 Å². The molecule has 3 amide bonds. The Morgan fingerprint density at radius 3 is 2.62 bits per heavy atom. The van der Waals surface area contributed by atoms with Crippen molar-refractivity contribution in [3.63, 3.8) is 0 Å². The van der Waals surface area contributed by atoms with Gasteiger partial charge < -0.3 is 10.2 Å². The van der Waals surface area contributed by atoms with Crippen molar-refractivity contribution < 1.29 is 22.8 Å². The molecule has 178 valence electrons. The Hall–Kier alpha value is -1.90. The average Bonchev–Trinajstić information content (AvgIpc) is 3.59. The van der Waals surface area contributed by atoms with E-state index < -0.39 is 32.3 Å². The van der Waals surface area contributed by atoms with E-state index in [9.17, 15) is 22.8 Å². The number of allylic oxidation sites excluding steroid dienone is 1. The Kier molecular flexibility index (Phi) is 6.15. The zero-order valence-electron chi connectivity index (χ0n) is 19.1. The van der Waals surface area contributed by atoms with Crippen molar-refractivity contribution in [1.29, 1.82) is 0 Å². The first-order valence-electron chi connectivity index (χ1n) is 12.0. The Morgan fingerprint density at radius 2 is 1.91 bits per heavy atom. The highest BCUT2D eigenvalue weighted by molar-refractivity contribution is 7.91. The molecule has 2 aliphatic heterocycles. The molecular weight excluding hydrogens is 430 g/mol. The van der Waals surface area contributed by atoms with Crippen molar-refractivity contribution >= 4 is 27.7 Å². The molecule has 8 nitrogen and oxygen atoms in total. The molecule has 2 heterocycles. The molecule has 0 spiro atoms. The van der Waals surface area contributed by atoms with Crippen molar-refractivity contribution in [3.8, 4) is 0 Å². The topological polar surface area (TPSA) is 113 Å². The van der Waals surface area contributed by atoms with Gasteiger partial charge in [-0.05, 0) is 58.3 Å². The molecular formula is C23H35N3O5S. The van der Waals surface area contributed by atoms with Crippen LogP contribution in [0.4, 0.5) is 0 Å². The molecule has 2 N–H and O–H groups in total. The number of nitrogens with one attached hydrogen (secondary N) is 2. The minimum absolute atomic E-state index is 0.00858. The van der Waals surface area contributed by atoms with Crippen LogP contribution >= 0.6 is 0 Å².